The van der Waals surface area contributed by atoms with E-state index in [0.29, 0.717) is 25.1 Å². The first-order valence-electron chi connectivity index (χ1n) is 6.65. The molecule has 0 aliphatic carbocycles. The average Bonchev–Trinajstić information content (AvgIpc) is 2.31. The van der Waals surface area contributed by atoms with Crippen molar-refractivity contribution in [3.05, 3.63) is 0 Å². The van der Waals surface area contributed by atoms with Crippen LogP contribution in [0.4, 0.5) is 0 Å². The van der Waals surface area contributed by atoms with E-state index in [4.69, 9.17) is 4.74 Å². The van der Waals surface area contributed by atoms with E-state index in [1.54, 1.807) is 0 Å². The van der Waals surface area contributed by atoms with Gasteiger partial charge in [0.15, 0.2) is 0 Å². The van der Waals surface area contributed by atoms with Crippen LogP contribution in [-0.2, 0) is 9.53 Å². The maximum absolute atomic E-state index is 12.1. The van der Waals surface area contributed by atoms with Crippen molar-refractivity contribution < 1.29 is 9.53 Å². The van der Waals surface area contributed by atoms with E-state index < -0.39 is 0 Å². The van der Waals surface area contributed by atoms with E-state index in [2.05, 4.69) is 25.8 Å². The van der Waals surface area contributed by atoms with E-state index in [1.165, 1.54) is 0 Å². The highest BCUT2D eigenvalue weighted by Gasteiger charge is 2.30. The van der Waals surface area contributed by atoms with Crippen LogP contribution in [0.2, 0.25) is 0 Å². The summed E-state index contributed by atoms with van der Waals surface area (Å²) in [6, 6.07) is 0.757. The Labute approximate surface area is 105 Å². The van der Waals surface area contributed by atoms with Gasteiger partial charge in [-0.15, -0.1) is 0 Å². The van der Waals surface area contributed by atoms with Crippen molar-refractivity contribution in [1.82, 2.24) is 9.80 Å². The van der Waals surface area contributed by atoms with E-state index in [1.807, 2.05) is 11.8 Å². The van der Waals surface area contributed by atoms with Crippen LogP contribution in [0.25, 0.3) is 0 Å². The van der Waals surface area contributed by atoms with Gasteiger partial charge >= 0.3 is 0 Å². The van der Waals surface area contributed by atoms with Crippen molar-refractivity contribution in [2.45, 2.75) is 45.7 Å². The normalized spacial score (nSPS) is 26.2. The molecule has 1 saturated heterocycles. The predicted molar refractivity (Wildman–Crippen MR) is 69.0 cm³/mol. The Hall–Kier alpha value is -0.610. The largest absolute Gasteiger partial charge is 0.382 e. The third kappa shape index (κ3) is 3.96. The second-order valence-electron chi connectivity index (χ2n) is 4.85. The Morgan fingerprint density at radius 1 is 1.29 bits per heavy atom. The summed E-state index contributed by atoms with van der Waals surface area (Å²) >= 11 is 0. The molecule has 0 N–H and O–H groups in total. The molecular weight excluding hydrogens is 216 g/mol. The van der Waals surface area contributed by atoms with Gasteiger partial charge in [-0.1, -0.05) is 0 Å². The summed E-state index contributed by atoms with van der Waals surface area (Å²) < 4.78 is 5.26. The van der Waals surface area contributed by atoms with Crippen molar-refractivity contribution >= 4 is 5.91 Å². The number of amides is 1. The second kappa shape index (κ2) is 6.97. The van der Waals surface area contributed by atoms with Crippen LogP contribution in [0.1, 0.15) is 33.6 Å². The number of rotatable bonds is 5. The molecular formula is C13H26N2O2. The van der Waals surface area contributed by atoms with Gasteiger partial charge < -0.3 is 9.64 Å². The molecule has 0 radical (unpaired) electrons. The number of carbonyl (C=O) groups is 1. The summed E-state index contributed by atoms with van der Waals surface area (Å²) in [4.78, 5) is 16.4. The smallest absolute Gasteiger partial charge is 0.222 e. The van der Waals surface area contributed by atoms with Gasteiger partial charge in [0.05, 0.1) is 0 Å². The second-order valence-corrected chi connectivity index (χ2v) is 4.85. The molecule has 1 heterocycles. The highest BCUT2D eigenvalue weighted by atomic mass is 16.5. The van der Waals surface area contributed by atoms with Gasteiger partial charge in [0.25, 0.3) is 0 Å². The molecule has 0 aromatic rings. The van der Waals surface area contributed by atoms with Crippen molar-refractivity contribution in [2.24, 2.45) is 0 Å². The maximum atomic E-state index is 12.1. The molecule has 1 rings (SSSR count). The molecule has 4 heteroatoms. The Balaban J connectivity index is 2.36. The van der Waals surface area contributed by atoms with Gasteiger partial charge in [0.1, 0.15) is 0 Å². The average molecular weight is 242 g/mol. The minimum atomic E-state index is 0.275. The molecule has 1 aliphatic rings. The van der Waals surface area contributed by atoms with E-state index in [9.17, 15) is 4.79 Å². The van der Waals surface area contributed by atoms with Crippen LogP contribution < -0.4 is 0 Å². The fraction of sp³-hybridized carbons (Fsp3) is 0.923. The molecule has 1 fully saturated rings. The molecule has 17 heavy (non-hydrogen) atoms. The molecule has 2 atom stereocenters. The van der Waals surface area contributed by atoms with Gasteiger partial charge in [-0.3, -0.25) is 9.69 Å². The van der Waals surface area contributed by atoms with Crippen LogP contribution in [-0.4, -0.2) is 61.1 Å². The number of ether oxygens (including phenoxy) is 1. The monoisotopic (exact) mass is 242 g/mol. The van der Waals surface area contributed by atoms with Crippen LogP contribution >= 0.6 is 0 Å². The lowest BCUT2D eigenvalue weighted by Crippen LogP contribution is -2.57. The Morgan fingerprint density at radius 2 is 2.00 bits per heavy atom. The summed E-state index contributed by atoms with van der Waals surface area (Å²) in [5, 5.41) is 0. The lowest BCUT2D eigenvalue weighted by molar-refractivity contribution is -0.137. The van der Waals surface area contributed by atoms with Gasteiger partial charge in [-0.05, 0) is 34.2 Å². The number of likely N-dealkylation sites (N-methyl/N-ethyl adjacent to an activating group) is 1. The number of hydrogen-bond acceptors (Lipinski definition) is 3. The fourth-order valence-electron chi connectivity index (χ4n) is 2.27. The quantitative estimate of drug-likeness (QED) is 0.682. The zero-order valence-corrected chi connectivity index (χ0v) is 11.6. The third-order valence-electron chi connectivity index (χ3n) is 3.78. The van der Waals surface area contributed by atoms with E-state index in [0.717, 1.165) is 26.1 Å². The minimum absolute atomic E-state index is 0.275. The zero-order valence-electron chi connectivity index (χ0n) is 11.6. The molecule has 0 aromatic carbocycles. The summed E-state index contributed by atoms with van der Waals surface area (Å²) in [6.45, 7) is 9.56. The van der Waals surface area contributed by atoms with Crippen molar-refractivity contribution in [2.75, 3.05) is 33.4 Å². The summed E-state index contributed by atoms with van der Waals surface area (Å²) in [6.07, 6.45) is 1.45. The van der Waals surface area contributed by atoms with Gasteiger partial charge in [0, 0.05) is 44.8 Å². The summed E-state index contributed by atoms with van der Waals surface area (Å²) in [7, 11) is 2.12. The standard InChI is InChI=1S/C13H26N2O2/c1-5-17-10-6-7-13(16)15-9-8-14(4)11(2)12(15)3/h11-12H,5-10H2,1-4H3/t11-,12-/m0/s1. The van der Waals surface area contributed by atoms with E-state index >= 15 is 0 Å². The van der Waals surface area contributed by atoms with Crippen LogP contribution in [0.5, 0.6) is 0 Å². The highest BCUT2D eigenvalue weighted by molar-refractivity contribution is 5.76. The molecule has 0 bridgehead atoms. The zero-order chi connectivity index (χ0) is 12.8. The first-order valence-corrected chi connectivity index (χ1v) is 6.65. The fourth-order valence-corrected chi connectivity index (χ4v) is 2.27. The van der Waals surface area contributed by atoms with Gasteiger partial charge in [-0.2, -0.15) is 0 Å². The Kier molecular flexibility index (Phi) is 5.92. The molecule has 0 unspecified atom stereocenters. The van der Waals surface area contributed by atoms with Crippen molar-refractivity contribution in [3.63, 3.8) is 0 Å². The van der Waals surface area contributed by atoms with Crippen molar-refractivity contribution in [3.8, 4) is 0 Å². The number of carbonyl (C=O) groups excluding carboxylic acids is 1. The summed E-state index contributed by atoms with van der Waals surface area (Å²) in [5.74, 6) is 0.275. The maximum Gasteiger partial charge on any atom is 0.222 e. The summed E-state index contributed by atoms with van der Waals surface area (Å²) in [5.41, 5.74) is 0. The predicted octanol–water partition coefficient (Wildman–Crippen LogP) is 1.35. The minimum Gasteiger partial charge on any atom is -0.382 e. The number of hydrogen-bond donors (Lipinski definition) is 0. The van der Waals surface area contributed by atoms with Crippen LogP contribution in [0.15, 0.2) is 0 Å². The van der Waals surface area contributed by atoms with Crippen molar-refractivity contribution in [1.29, 1.82) is 0 Å². The highest BCUT2D eigenvalue weighted by Crippen LogP contribution is 2.16. The first-order chi connectivity index (χ1) is 8.07. The molecule has 0 aromatic heterocycles. The third-order valence-corrected chi connectivity index (χ3v) is 3.78. The Bertz CT molecular complexity index is 246. The van der Waals surface area contributed by atoms with Gasteiger partial charge in [-0.25, -0.2) is 0 Å². The molecule has 0 spiro atoms. The van der Waals surface area contributed by atoms with Gasteiger partial charge in [0.2, 0.25) is 5.91 Å². The lowest BCUT2D eigenvalue weighted by Gasteiger charge is -2.43. The molecule has 0 saturated carbocycles. The molecule has 4 nitrogen and oxygen atoms in total. The van der Waals surface area contributed by atoms with Crippen LogP contribution in [0.3, 0.4) is 0 Å². The molecule has 1 amide bonds. The number of piperazine rings is 1. The molecule has 100 valence electrons. The molecule has 1 aliphatic heterocycles. The first kappa shape index (κ1) is 14.5. The topological polar surface area (TPSA) is 32.8 Å². The van der Waals surface area contributed by atoms with E-state index in [-0.39, 0.29) is 5.91 Å². The lowest BCUT2D eigenvalue weighted by atomic mass is 10.0. The SMILES string of the molecule is CCOCCCC(=O)N1CCN(C)[C@@H](C)[C@@H]1C. The van der Waals surface area contributed by atoms with Crippen LogP contribution in [0, 0.1) is 0 Å². The number of nitrogens with zero attached hydrogens (tertiary/aromatic N) is 2. The Morgan fingerprint density at radius 3 is 2.65 bits per heavy atom.